The number of nitrogens with zero attached hydrogens (tertiary/aromatic N) is 1. The van der Waals surface area contributed by atoms with E-state index in [0.29, 0.717) is 0 Å². The first-order valence-electron chi connectivity index (χ1n) is 8.52. The number of halogens is 4. The molecule has 0 aromatic heterocycles. The van der Waals surface area contributed by atoms with Crippen LogP contribution in [0.4, 0.5) is 22.4 Å². The van der Waals surface area contributed by atoms with Crippen molar-refractivity contribution in [1.29, 1.82) is 0 Å². The van der Waals surface area contributed by atoms with Crippen LogP contribution in [-0.2, 0) is 32.3 Å². The maximum atomic E-state index is 14.5. The first kappa shape index (κ1) is 22.4. The second-order valence-corrected chi connectivity index (χ2v) is 10.5. The van der Waals surface area contributed by atoms with Gasteiger partial charge in [-0.2, -0.15) is 13.2 Å². The fourth-order valence-corrected chi connectivity index (χ4v) is 4.10. The van der Waals surface area contributed by atoms with Crippen LogP contribution < -0.4 is 0 Å². The lowest BCUT2D eigenvalue weighted by Gasteiger charge is -2.41. The van der Waals surface area contributed by atoms with E-state index in [9.17, 15) is 30.8 Å². The van der Waals surface area contributed by atoms with Crippen molar-refractivity contribution in [2.75, 3.05) is 6.54 Å². The number of alkyl halides is 3. The number of carbonyl (C=O) groups is 1. The van der Waals surface area contributed by atoms with E-state index in [1.807, 2.05) is 0 Å². The standard InChI is InChI=1S/C18H23F4NO4S/c1-16(2,3)27-15(24)23-8-12-11(9-28(25,26)18(20,21)22)6-7-13(19)14(12)17(4,5)10-23/h6-7H,8-10H2,1-5H3. The molecule has 5 nitrogen and oxygen atoms in total. The molecule has 0 N–H and O–H groups in total. The van der Waals surface area contributed by atoms with E-state index in [1.54, 1.807) is 34.6 Å². The number of amides is 1. The Bertz CT molecular complexity index is 886. The fraction of sp³-hybridized carbons (Fsp3) is 0.611. The summed E-state index contributed by atoms with van der Waals surface area (Å²) in [5.74, 6) is -1.98. The summed E-state index contributed by atoms with van der Waals surface area (Å²) < 4.78 is 81.6. The van der Waals surface area contributed by atoms with Gasteiger partial charge in [-0.3, -0.25) is 0 Å². The molecule has 0 fully saturated rings. The summed E-state index contributed by atoms with van der Waals surface area (Å²) in [4.78, 5) is 13.7. The summed E-state index contributed by atoms with van der Waals surface area (Å²) in [6, 6.07) is 1.98. The molecule has 1 aromatic carbocycles. The number of hydrogen-bond acceptors (Lipinski definition) is 4. The van der Waals surface area contributed by atoms with Crippen LogP contribution in [0.3, 0.4) is 0 Å². The number of rotatable bonds is 2. The molecule has 1 amide bonds. The van der Waals surface area contributed by atoms with Crippen molar-refractivity contribution < 1.29 is 35.5 Å². The van der Waals surface area contributed by atoms with Crippen molar-refractivity contribution in [2.45, 2.75) is 63.4 Å². The molecule has 1 aliphatic heterocycles. The largest absolute Gasteiger partial charge is 0.497 e. The highest BCUT2D eigenvalue weighted by atomic mass is 32.2. The van der Waals surface area contributed by atoms with Gasteiger partial charge in [0.2, 0.25) is 0 Å². The average molecular weight is 425 g/mol. The van der Waals surface area contributed by atoms with E-state index in [4.69, 9.17) is 4.74 Å². The summed E-state index contributed by atoms with van der Waals surface area (Å²) in [5.41, 5.74) is -7.19. The molecule has 0 spiro atoms. The maximum Gasteiger partial charge on any atom is 0.497 e. The van der Waals surface area contributed by atoms with E-state index in [-0.39, 0.29) is 29.8 Å². The molecule has 0 bridgehead atoms. The molecule has 1 aromatic rings. The minimum atomic E-state index is -5.46. The SMILES string of the molecule is CC(C)(C)OC(=O)N1Cc2c(CS(=O)(=O)C(F)(F)F)ccc(F)c2C(C)(C)C1. The van der Waals surface area contributed by atoms with Crippen LogP contribution in [0.1, 0.15) is 51.3 Å². The highest BCUT2D eigenvalue weighted by Crippen LogP contribution is 2.39. The van der Waals surface area contributed by atoms with Gasteiger partial charge in [0, 0.05) is 24.1 Å². The van der Waals surface area contributed by atoms with Crippen LogP contribution in [0.5, 0.6) is 0 Å². The van der Waals surface area contributed by atoms with Crippen molar-refractivity contribution in [3.8, 4) is 0 Å². The number of carbonyl (C=O) groups excluding carboxylic acids is 1. The van der Waals surface area contributed by atoms with Crippen LogP contribution >= 0.6 is 0 Å². The Morgan fingerprint density at radius 1 is 1.21 bits per heavy atom. The predicted octanol–water partition coefficient (Wildman–Crippen LogP) is 4.29. The molecule has 0 aliphatic carbocycles. The molecule has 1 heterocycles. The van der Waals surface area contributed by atoms with Crippen molar-refractivity contribution in [3.63, 3.8) is 0 Å². The Kier molecular flexibility index (Phi) is 5.53. The second kappa shape index (κ2) is 6.89. The predicted molar refractivity (Wildman–Crippen MR) is 94.7 cm³/mol. The summed E-state index contributed by atoms with van der Waals surface area (Å²) in [6.45, 7) is 8.08. The molecular formula is C18H23F4NO4S. The van der Waals surface area contributed by atoms with Crippen molar-refractivity contribution >= 4 is 15.9 Å². The second-order valence-electron chi connectivity index (χ2n) is 8.49. The highest BCUT2D eigenvalue weighted by molar-refractivity contribution is 7.91. The minimum Gasteiger partial charge on any atom is -0.444 e. The lowest BCUT2D eigenvalue weighted by Crippen LogP contribution is -2.47. The van der Waals surface area contributed by atoms with Gasteiger partial charge in [-0.05, 0) is 38.0 Å². The average Bonchev–Trinajstić information content (AvgIpc) is 2.45. The Labute approximate surface area is 161 Å². The first-order chi connectivity index (χ1) is 12.4. The monoisotopic (exact) mass is 425 g/mol. The van der Waals surface area contributed by atoms with Crippen LogP contribution in [0.15, 0.2) is 12.1 Å². The number of fused-ring (bicyclic) bond motifs is 1. The molecule has 0 atom stereocenters. The maximum absolute atomic E-state index is 14.5. The Balaban J connectivity index is 2.53. The zero-order valence-corrected chi connectivity index (χ0v) is 17.1. The fourth-order valence-electron chi connectivity index (χ4n) is 3.26. The first-order valence-corrected chi connectivity index (χ1v) is 10.2. The van der Waals surface area contributed by atoms with Gasteiger partial charge in [0.1, 0.15) is 11.4 Å². The minimum absolute atomic E-state index is 0.0648. The Morgan fingerprint density at radius 2 is 1.79 bits per heavy atom. The molecular weight excluding hydrogens is 402 g/mol. The van der Waals surface area contributed by atoms with Crippen LogP contribution in [0.2, 0.25) is 0 Å². The molecule has 0 saturated heterocycles. The van der Waals surface area contributed by atoms with Gasteiger partial charge in [-0.25, -0.2) is 17.6 Å². The summed E-state index contributed by atoms with van der Waals surface area (Å²) in [7, 11) is -5.46. The zero-order valence-electron chi connectivity index (χ0n) is 16.3. The van der Waals surface area contributed by atoms with Gasteiger partial charge in [-0.1, -0.05) is 19.9 Å². The molecule has 158 valence electrons. The lowest BCUT2D eigenvalue weighted by molar-refractivity contribution is -0.0437. The van der Waals surface area contributed by atoms with Gasteiger partial charge in [-0.15, -0.1) is 0 Å². The third-order valence-electron chi connectivity index (χ3n) is 4.32. The lowest BCUT2D eigenvalue weighted by atomic mass is 9.77. The summed E-state index contributed by atoms with van der Waals surface area (Å²) in [5, 5.41) is 0. The summed E-state index contributed by atoms with van der Waals surface area (Å²) in [6.07, 6.45) is -0.708. The molecule has 10 heteroatoms. The molecule has 1 aliphatic rings. The van der Waals surface area contributed by atoms with Crippen LogP contribution in [0.25, 0.3) is 0 Å². The molecule has 0 radical (unpaired) electrons. The third kappa shape index (κ3) is 4.59. The van der Waals surface area contributed by atoms with Gasteiger partial charge in [0.25, 0.3) is 9.84 Å². The molecule has 28 heavy (non-hydrogen) atoms. The number of ether oxygens (including phenoxy) is 1. The normalized spacial score (nSPS) is 17.2. The number of benzene rings is 1. The van der Waals surface area contributed by atoms with E-state index in [1.165, 1.54) is 4.90 Å². The third-order valence-corrected chi connectivity index (χ3v) is 5.72. The highest BCUT2D eigenvalue weighted by Gasteiger charge is 2.46. The topological polar surface area (TPSA) is 63.7 Å². The van der Waals surface area contributed by atoms with Gasteiger partial charge in [0.05, 0.1) is 5.75 Å². The number of sulfone groups is 1. The van der Waals surface area contributed by atoms with E-state index in [2.05, 4.69) is 0 Å². The van der Waals surface area contributed by atoms with Crippen molar-refractivity contribution in [2.24, 2.45) is 0 Å². The molecule has 0 saturated carbocycles. The quantitative estimate of drug-likeness (QED) is 0.664. The van der Waals surface area contributed by atoms with E-state index >= 15 is 0 Å². The van der Waals surface area contributed by atoms with Crippen molar-refractivity contribution in [1.82, 2.24) is 4.90 Å². The Hall–Kier alpha value is -1.84. The van der Waals surface area contributed by atoms with Crippen LogP contribution in [0, 0.1) is 5.82 Å². The van der Waals surface area contributed by atoms with E-state index in [0.717, 1.165) is 12.1 Å². The Morgan fingerprint density at radius 3 is 2.29 bits per heavy atom. The summed E-state index contributed by atoms with van der Waals surface area (Å²) >= 11 is 0. The molecule has 0 unspecified atom stereocenters. The van der Waals surface area contributed by atoms with Crippen LogP contribution in [-0.4, -0.2) is 37.1 Å². The van der Waals surface area contributed by atoms with Gasteiger partial charge >= 0.3 is 11.6 Å². The van der Waals surface area contributed by atoms with Gasteiger partial charge in [0.15, 0.2) is 0 Å². The van der Waals surface area contributed by atoms with E-state index < -0.39 is 44.0 Å². The smallest absolute Gasteiger partial charge is 0.444 e. The molecule has 2 rings (SSSR count). The zero-order chi connectivity index (χ0) is 21.7. The number of hydrogen-bond donors (Lipinski definition) is 0. The van der Waals surface area contributed by atoms with Crippen molar-refractivity contribution in [3.05, 3.63) is 34.6 Å². The van der Waals surface area contributed by atoms with Gasteiger partial charge < -0.3 is 9.64 Å².